The molecule has 4 aromatic carbocycles. The molecule has 140 valence electrons. The zero-order valence-corrected chi connectivity index (χ0v) is 18.2. The Morgan fingerprint density at radius 2 is 1.24 bits per heavy atom. The van der Waals surface area contributed by atoms with E-state index in [1.165, 1.54) is 0 Å². The Kier molecular flexibility index (Phi) is 3.61. The third-order valence-electron chi connectivity index (χ3n) is 5.40. The predicted molar refractivity (Wildman–Crippen MR) is 126 cm³/mol. The van der Waals surface area contributed by atoms with Gasteiger partial charge in [-0.3, -0.25) is 0 Å². The standard InChI is InChI=1S/C24H13Br2NO2/c25-18-11-17-16-10-13(6-8-21(16)29-24(17)22(26)23(18)27)12-5-7-20-15(9-12)14-3-1-2-4-19(14)28-20/h1-11H,27H2. The largest absolute Gasteiger partial charge is 0.456 e. The van der Waals surface area contributed by atoms with Crippen LogP contribution in [0.3, 0.4) is 0 Å². The summed E-state index contributed by atoms with van der Waals surface area (Å²) >= 11 is 7.10. The van der Waals surface area contributed by atoms with Crippen LogP contribution in [-0.2, 0) is 0 Å². The minimum Gasteiger partial charge on any atom is -0.456 e. The summed E-state index contributed by atoms with van der Waals surface area (Å²) in [5.41, 5.74) is 12.4. The van der Waals surface area contributed by atoms with E-state index in [4.69, 9.17) is 14.6 Å². The van der Waals surface area contributed by atoms with Gasteiger partial charge >= 0.3 is 0 Å². The molecule has 6 rings (SSSR count). The van der Waals surface area contributed by atoms with Gasteiger partial charge in [0, 0.05) is 26.0 Å². The number of benzene rings is 4. The van der Waals surface area contributed by atoms with E-state index in [1.54, 1.807) is 0 Å². The second-order valence-corrected chi connectivity index (χ2v) is 8.73. The van der Waals surface area contributed by atoms with Crippen molar-refractivity contribution in [2.75, 3.05) is 5.73 Å². The normalized spacial score (nSPS) is 11.9. The molecule has 6 aromatic rings. The van der Waals surface area contributed by atoms with Gasteiger partial charge in [-0.2, -0.15) is 0 Å². The molecule has 0 aliphatic carbocycles. The summed E-state index contributed by atoms with van der Waals surface area (Å²) in [5.74, 6) is 0. The van der Waals surface area contributed by atoms with E-state index in [2.05, 4.69) is 62.2 Å². The van der Waals surface area contributed by atoms with Crippen molar-refractivity contribution in [1.82, 2.24) is 0 Å². The van der Waals surface area contributed by atoms with E-state index in [9.17, 15) is 0 Å². The molecule has 0 spiro atoms. The molecule has 0 unspecified atom stereocenters. The third kappa shape index (κ3) is 2.47. The lowest BCUT2D eigenvalue weighted by atomic mass is 10.0. The number of para-hydroxylation sites is 1. The zero-order valence-electron chi connectivity index (χ0n) is 15.0. The molecule has 3 nitrogen and oxygen atoms in total. The van der Waals surface area contributed by atoms with Gasteiger partial charge in [0.2, 0.25) is 0 Å². The highest BCUT2D eigenvalue weighted by Crippen LogP contribution is 2.42. The van der Waals surface area contributed by atoms with E-state index in [-0.39, 0.29) is 0 Å². The fourth-order valence-corrected chi connectivity index (χ4v) is 5.14. The van der Waals surface area contributed by atoms with E-state index in [0.717, 1.165) is 63.9 Å². The van der Waals surface area contributed by atoms with Gasteiger partial charge in [0.1, 0.15) is 16.7 Å². The Balaban J connectivity index is 1.61. The molecule has 2 N–H and O–H groups in total. The van der Waals surface area contributed by atoms with Gasteiger partial charge in [0.25, 0.3) is 0 Å². The number of furan rings is 2. The SMILES string of the molecule is Nc1c(Br)cc2c(oc3ccc(-c4ccc5oc6ccccc6c5c4)cc32)c1Br. The van der Waals surface area contributed by atoms with Gasteiger partial charge in [-0.05, 0) is 79.4 Å². The molecule has 0 bridgehead atoms. The Morgan fingerprint density at radius 1 is 0.621 bits per heavy atom. The first-order chi connectivity index (χ1) is 14.1. The third-order valence-corrected chi connectivity index (χ3v) is 6.84. The molecule has 0 amide bonds. The highest BCUT2D eigenvalue weighted by atomic mass is 79.9. The minimum atomic E-state index is 0.633. The molecule has 0 radical (unpaired) electrons. The van der Waals surface area contributed by atoms with Crippen LogP contribution in [0.2, 0.25) is 0 Å². The van der Waals surface area contributed by atoms with Crippen LogP contribution < -0.4 is 5.73 Å². The van der Waals surface area contributed by atoms with Crippen LogP contribution in [-0.4, -0.2) is 0 Å². The number of anilines is 1. The number of hydrogen-bond acceptors (Lipinski definition) is 3. The van der Waals surface area contributed by atoms with Crippen LogP contribution in [0.5, 0.6) is 0 Å². The first-order valence-corrected chi connectivity index (χ1v) is 10.7. The lowest BCUT2D eigenvalue weighted by Crippen LogP contribution is -1.88. The predicted octanol–water partition coefficient (Wildman–Crippen LogP) is 8.26. The highest BCUT2D eigenvalue weighted by molar-refractivity contribution is 9.11. The first kappa shape index (κ1) is 17.1. The van der Waals surface area contributed by atoms with E-state index >= 15 is 0 Å². The zero-order chi connectivity index (χ0) is 19.7. The van der Waals surface area contributed by atoms with Gasteiger partial charge in [-0.25, -0.2) is 0 Å². The maximum atomic E-state index is 6.12. The maximum absolute atomic E-state index is 6.12. The fourth-order valence-electron chi connectivity index (χ4n) is 3.94. The fraction of sp³-hybridized carbons (Fsp3) is 0. The quantitative estimate of drug-likeness (QED) is 0.228. The number of rotatable bonds is 1. The molecule has 0 atom stereocenters. The van der Waals surface area contributed by atoms with Crippen LogP contribution in [0.4, 0.5) is 5.69 Å². The lowest BCUT2D eigenvalue weighted by Gasteiger charge is -2.03. The van der Waals surface area contributed by atoms with Crippen molar-refractivity contribution in [1.29, 1.82) is 0 Å². The first-order valence-electron chi connectivity index (χ1n) is 9.11. The molecule has 0 saturated heterocycles. The molecule has 29 heavy (non-hydrogen) atoms. The van der Waals surface area contributed by atoms with Gasteiger partial charge in [-0.15, -0.1) is 0 Å². The Hall–Kier alpha value is -2.76. The average Bonchev–Trinajstić information content (AvgIpc) is 3.29. The summed E-state index contributed by atoms with van der Waals surface area (Å²) in [6.07, 6.45) is 0. The van der Waals surface area contributed by atoms with Crippen molar-refractivity contribution in [3.8, 4) is 11.1 Å². The van der Waals surface area contributed by atoms with Crippen molar-refractivity contribution < 1.29 is 8.83 Å². The lowest BCUT2D eigenvalue weighted by molar-refractivity contribution is 0.667. The van der Waals surface area contributed by atoms with E-state index in [1.807, 2.05) is 36.4 Å². The molecule has 0 aliphatic rings. The Labute approximate surface area is 182 Å². The number of nitrogens with two attached hydrogens (primary N) is 1. The van der Waals surface area contributed by atoms with Crippen LogP contribution in [0.25, 0.3) is 55.0 Å². The number of fused-ring (bicyclic) bond motifs is 6. The van der Waals surface area contributed by atoms with Gasteiger partial charge in [-0.1, -0.05) is 30.3 Å². The highest BCUT2D eigenvalue weighted by Gasteiger charge is 2.16. The van der Waals surface area contributed by atoms with Crippen LogP contribution in [0.15, 0.2) is 84.5 Å². The van der Waals surface area contributed by atoms with E-state index < -0.39 is 0 Å². The van der Waals surface area contributed by atoms with Gasteiger partial charge < -0.3 is 14.6 Å². The number of hydrogen-bond donors (Lipinski definition) is 1. The summed E-state index contributed by atoms with van der Waals surface area (Å²) in [6, 6.07) is 22.7. The van der Waals surface area contributed by atoms with Gasteiger partial charge in [0.05, 0.1) is 10.2 Å². The van der Waals surface area contributed by atoms with Gasteiger partial charge in [0.15, 0.2) is 5.58 Å². The molecular formula is C24H13Br2NO2. The number of halogens is 2. The van der Waals surface area contributed by atoms with Crippen molar-refractivity contribution in [2.24, 2.45) is 0 Å². The maximum Gasteiger partial charge on any atom is 0.151 e. The molecule has 0 aliphatic heterocycles. The van der Waals surface area contributed by atoms with E-state index in [0.29, 0.717) is 5.69 Å². The Morgan fingerprint density at radius 3 is 2.00 bits per heavy atom. The van der Waals surface area contributed by atoms with Crippen molar-refractivity contribution in [2.45, 2.75) is 0 Å². The summed E-state index contributed by atoms with van der Waals surface area (Å²) in [6.45, 7) is 0. The molecule has 0 fully saturated rings. The average molecular weight is 507 g/mol. The Bertz CT molecular complexity index is 1590. The molecule has 2 heterocycles. The molecule has 2 aromatic heterocycles. The second-order valence-electron chi connectivity index (χ2n) is 7.08. The summed E-state index contributed by atoms with van der Waals surface area (Å²) in [7, 11) is 0. The monoisotopic (exact) mass is 505 g/mol. The molecule has 0 saturated carbocycles. The summed E-state index contributed by atoms with van der Waals surface area (Å²) in [4.78, 5) is 0. The minimum absolute atomic E-state index is 0.633. The topological polar surface area (TPSA) is 52.3 Å². The summed E-state index contributed by atoms with van der Waals surface area (Å²) in [5, 5.41) is 4.32. The number of nitrogen functional groups attached to an aromatic ring is 1. The second kappa shape index (κ2) is 6.12. The molecule has 5 heteroatoms. The van der Waals surface area contributed by atoms with Crippen molar-refractivity contribution in [3.63, 3.8) is 0 Å². The summed E-state index contributed by atoms with van der Waals surface area (Å²) < 4.78 is 13.6. The van der Waals surface area contributed by atoms with Crippen LogP contribution >= 0.6 is 31.9 Å². The van der Waals surface area contributed by atoms with Crippen LogP contribution in [0, 0.1) is 0 Å². The van der Waals surface area contributed by atoms with Crippen molar-refractivity contribution >= 4 is 81.4 Å². The van der Waals surface area contributed by atoms with Crippen molar-refractivity contribution in [3.05, 3.63) is 75.7 Å². The van der Waals surface area contributed by atoms with Crippen LogP contribution in [0.1, 0.15) is 0 Å². The smallest absolute Gasteiger partial charge is 0.151 e. The molecular weight excluding hydrogens is 494 g/mol.